The maximum atomic E-state index is 6.02. The molecule has 0 bridgehead atoms. The van der Waals surface area contributed by atoms with Crippen LogP contribution >= 0.6 is 22.9 Å². The number of hydrogen-bond acceptors (Lipinski definition) is 2. The first kappa shape index (κ1) is 14.9. The van der Waals surface area contributed by atoms with Gasteiger partial charge in [-0.1, -0.05) is 56.5 Å². The maximum absolute atomic E-state index is 6.02. The van der Waals surface area contributed by atoms with Crippen LogP contribution in [0.1, 0.15) is 62.7 Å². The van der Waals surface area contributed by atoms with E-state index in [0.717, 1.165) is 28.8 Å². The zero-order valence-electron chi connectivity index (χ0n) is 12.2. The highest BCUT2D eigenvalue weighted by atomic mass is 35.5. The molecule has 3 heteroatoms. The zero-order valence-corrected chi connectivity index (χ0v) is 13.8. The molecule has 1 aromatic heterocycles. The third kappa shape index (κ3) is 3.78. The fourth-order valence-corrected chi connectivity index (χ4v) is 5.26. The van der Waals surface area contributed by atoms with E-state index >= 15 is 0 Å². The van der Waals surface area contributed by atoms with Gasteiger partial charge in [-0.05, 0) is 36.8 Å². The largest absolute Gasteiger partial charge is 0.309 e. The molecule has 2 saturated carbocycles. The normalized spacial score (nSPS) is 28.6. The maximum Gasteiger partial charge on any atom is 0.0931 e. The fraction of sp³-hybridized carbons (Fsp3) is 0.765. The molecule has 2 fully saturated rings. The van der Waals surface area contributed by atoms with Crippen LogP contribution < -0.4 is 5.32 Å². The topological polar surface area (TPSA) is 12.0 Å². The van der Waals surface area contributed by atoms with Crippen molar-refractivity contribution in [3.63, 3.8) is 0 Å². The Morgan fingerprint density at radius 1 is 1.00 bits per heavy atom. The van der Waals surface area contributed by atoms with E-state index in [0.29, 0.717) is 0 Å². The SMILES string of the molecule is Clc1ccc(CNC2CCCCC2C2CCCCC2)s1. The summed E-state index contributed by atoms with van der Waals surface area (Å²) < 4.78 is 0.911. The molecule has 112 valence electrons. The molecule has 0 aliphatic heterocycles. The number of hydrogen-bond donors (Lipinski definition) is 1. The molecule has 1 N–H and O–H groups in total. The molecule has 0 saturated heterocycles. The predicted octanol–water partition coefficient (Wildman–Crippen LogP) is 5.63. The lowest BCUT2D eigenvalue weighted by molar-refractivity contribution is 0.149. The minimum Gasteiger partial charge on any atom is -0.309 e. The average Bonchev–Trinajstić information content (AvgIpc) is 2.92. The molecule has 0 radical (unpaired) electrons. The predicted molar refractivity (Wildman–Crippen MR) is 88.5 cm³/mol. The van der Waals surface area contributed by atoms with Crippen molar-refractivity contribution < 1.29 is 0 Å². The van der Waals surface area contributed by atoms with Crippen LogP contribution in [0.2, 0.25) is 4.34 Å². The van der Waals surface area contributed by atoms with E-state index in [2.05, 4.69) is 11.4 Å². The van der Waals surface area contributed by atoms with Crippen molar-refractivity contribution in [2.45, 2.75) is 70.4 Å². The van der Waals surface area contributed by atoms with Crippen LogP contribution in [-0.4, -0.2) is 6.04 Å². The van der Waals surface area contributed by atoms with Crippen LogP contribution in [0, 0.1) is 11.8 Å². The minimum absolute atomic E-state index is 0.743. The lowest BCUT2D eigenvalue weighted by Crippen LogP contribution is -2.42. The van der Waals surface area contributed by atoms with Gasteiger partial charge in [0.15, 0.2) is 0 Å². The van der Waals surface area contributed by atoms with Crippen molar-refractivity contribution in [3.05, 3.63) is 21.3 Å². The Bertz CT molecular complexity index is 411. The highest BCUT2D eigenvalue weighted by molar-refractivity contribution is 7.16. The molecule has 2 atom stereocenters. The summed E-state index contributed by atoms with van der Waals surface area (Å²) in [5.41, 5.74) is 0. The van der Waals surface area contributed by atoms with Gasteiger partial charge < -0.3 is 5.32 Å². The summed E-state index contributed by atoms with van der Waals surface area (Å²) in [7, 11) is 0. The highest BCUT2D eigenvalue weighted by Crippen LogP contribution is 2.38. The molecular weight excluding hydrogens is 286 g/mol. The van der Waals surface area contributed by atoms with Gasteiger partial charge in [-0.25, -0.2) is 0 Å². The van der Waals surface area contributed by atoms with Gasteiger partial charge >= 0.3 is 0 Å². The molecule has 1 nitrogen and oxygen atoms in total. The molecule has 1 aromatic rings. The molecule has 3 rings (SSSR count). The second-order valence-electron chi connectivity index (χ2n) is 6.54. The molecule has 1 heterocycles. The molecule has 0 amide bonds. The number of thiophene rings is 1. The van der Waals surface area contributed by atoms with Gasteiger partial charge in [0.25, 0.3) is 0 Å². The molecule has 0 aromatic carbocycles. The summed E-state index contributed by atoms with van der Waals surface area (Å²) in [5, 5.41) is 3.85. The number of nitrogens with one attached hydrogen (secondary N) is 1. The standard InChI is InChI=1S/C17H26ClNS/c18-17-11-10-14(20-17)12-19-16-9-5-4-8-15(16)13-6-2-1-3-7-13/h10-11,13,15-16,19H,1-9,12H2. The van der Waals surface area contributed by atoms with Crippen LogP contribution in [0.15, 0.2) is 12.1 Å². The molecular formula is C17H26ClNS. The van der Waals surface area contributed by atoms with Crippen LogP contribution in [0.3, 0.4) is 0 Å². The van der Waals surface area contributed by atoms with Gasteiger partial charge in [-0.15, -0.1) is 11.3 Å². The quantitative estimate of drug-likeness (QED) is 0.759. The Balaban J connectivity index is 1.57. The van der Waals surface area contributed by atoms with Crippen molar-refractivity contribution >= 4 is 22.9 Å². The minimum atomic E-state index is 0.743. The fourth-order valence-electron chi connectivity index (χ4n) is 4.22. The van der Waals surface area contributed by atoms with Crippen molar-refractivity contribution in [2.24, 2.45) is 11.8 Å². The summed E-state index contributed by atoms with van der Waals surface area (Å²) in [5.74, 6) is 1.92. The Morgan fingerprint density at radius 3 is 2.50 bits per heavy atom. The van der Waals surface area contributed by atoms with Gasteiger partial charge in [0, 0.05) is 17.5 Å². The molecule has 2 aliphatic carbocycles. The summed E-state index contributed by atoms with van der Waals surface area (Å²) in [6, 6.07) is 4.92. The van der Waals surface area contributed by atoms with E-state index in [1.807, 2.05) is 6.07 Å². The zero-order chi connectivity index (χ0) is 13.8. The first-order valence-corrected chi connectivity index (χ1v) is 9.50. The smallest absolute Gasteiger partial charge is 0.0931 e. The first-order valence-electron chi connectivity index (χ1n) is 8.30. The summed E-state index contributed by atoms with van der Waals surface area (Å²) in [6.45, 7) is 1.01. The summed E-state index contributed by atoms with van der Waals surface area (Å²) in [6.07, 6.45) is 13.0. The third-order valence-electron chi connectivity index (χ3n) is 5.24. The number of halogens is 1. The lowest BCUT2D eigenvalue weighted by Gasteiger charge is -2.39. The van der Waals surface area contributed by atoms with E-state index in [1.165, 1.54) is 62.7 Å². The van der Waals surface area contributed by atoms with E-state index in [4.69, 9.17) is 11.6 Å². The second-order valence-corrected chi connectivity index (χ2v) is 8.34. The van der Waals surface area contributed by atoms with Gasteiger partial charge in [0.1, 0.15) is 0 Å². The third-order valence-corrected chi connectivity index (χ3v) is 6.47. The Kier molecular flexibility index (Phi) is 5.42. The van der Waals surface area contributed by atoms with Gasteiger partial charge in [0.2, 0.25) is 0 Å². The Hall–Kier alpha value is -0.0500. The van der Waals surface area contributed by atoms with Gasteiger partial charge in [-0.3, -0.25) is 0 Å². The van der Waals surface area contributed by atoms with Crippen molar-refractivity contribution in [2.75, 3.05) is 0 Å². The molecule has 2 unspecified atom stereocenters. The summed E-state index contributed by atoms with van der Waals surface area (Å²) in [4.78, 5) is 1.38. The van der Waals surface area contributed by atoms with Crippen LogP contribution in [0.4, 0.5) is 0 Å². The average molecular weight is 312 g/mol. The van der Waals surface area contributed by atoms with E-state index < -0.39 is 0 Å². The molecule has 2 aliphatic rings. The number of rotatable bonds is 4. The van der Waals surface area contributed by atoms with Crippen LogP contribution in [0.5, 0.6) is 0 Å². The first-order chi connectivity index (χ1) is 9.83. The van der Waals surface area contributed by atoms with Crippen molar-refractivity contribution in [1.29, 1.82) is 0 Å². The van der Waals surface area contributed by atoms with Crippen LogP contribution in [0.25, 0.3) is 0 Å². The Morgan fingerprint density at radius 2 is 1.75 bits per heavy atom. The lowest BCUT2D eigenvalue weighted by atomic mass is 9.71. The van der Waals surface area contributed by atoms with Gasteiger partial charge in [0.05, 0.1) is 4.34 Å². The van der Waals surface area contributed by atoms with E-state index in [-0.39, 0.29) is 0 Å². The van der Waals surface area contributed by atoms with Crippen molar-refractivity contribution in [1.82, 2.24) is 5.32 Å². The van der Waals surface area contributed by atoms with E-state index in [9.17, 15) is 0 Å². The van der Waals surface area contributed by atoms with Gasteiger partial charge in [-0.2, -0.15) is 0 Å². The van der Waals surface area contributed by atoms with Crippen LogP contribution in [-0.2, 0) is 6.54 Å². The Labute approximate surface area is 132 Å². The van der Waals surface area contributed by atoms with E-state index in [1.54, 1.807) is 11.3 Å². The summed E-state index contributed by atoms with van der Waals surface area (Å²) >= 11 is 7.74. The monoisotopic (exact) mass is 311 g/mol. The van der Waals surface area contributed by atoms with Crippen molar-refractivity contribution in [3.8, 4) is 0 Å². The highest BCUT2D eigenvalue weighted by Gasteiger charge is 2.32. The molecule has 0 spiro atoms. The molecule has 20 heavy (non-hydrogen) atoms. The second kappa shape index (κ2) is 7.29.